The highest BCUT2D eigenvalue weighted by molar-refractivity contribution is 7.99. The molecule has 0 spiro atoms. The predicted octanol–water partition coefficient (Wildman–Crippen LogP) is 2.49. The molecule has 0 radical (unpaired) electrons. The first kappa shape index (κ1) is 18.4. The van der Waals surface area contributed by atoms with Gasteiger partial charge in [0.1, 0.15) is 11.9 Å². The number of halogens is 1. The molecule has 25 heavy (non-hydrogen) atoms. The fourth-order valence-electron chi connectivity index (χ4n) is 1.89. The van der Waals surface area contributed by atoms with Gasteiger partial charge in [-0.05, 0) is 25.1 Å². The van der Waals surface area contributed by atoms with Gasteiger partial charge in [0.05, 0.1) is 10.5 Å². The van der Waals surface area contributed by atoms with Crippen molar-refractivity contribution in [3.8, 4) is 0 Å². The van der Waals surface area contributed by atoms with E-state index in [0.29, 0.717) is 4.90 Å². The molecule has 1 unspecified atom stereocenters. The van der Waals surface area contributed by atoms with E-state index in [1.807, 2.05) is 0 Å². The van der Waals surface area contributed by atoms with Gasteiger partial charge >= 0.3 is 0 Å². The van der Waals surface area contributed by atoms with Gasteiger partial charge in [-0.15, -0.1) is 0 Å². The lowest BCUT2D eigenvalue weighted by Crippen LogP contribution is -2.42. The first-order valence-electron chi connectivity index (χ1n) is 7.10. The van der Waals surface area contributed by atoms with E-state index in [9.17, 15) is 24.1 Å². The van der Waals surface area contributed by atoms with Crippen LogP contribution in [0.3, 0.4) is 0 Å². The lowest BCUT2D eigenvalue weighted by molar-refractivity contribution is -0.384. The van der Waals surface area contributed by atoms with Gasteiger partial charge in [0.25, 0.3) is 11.6 Å². The summed E-state index contributed by atoms with van der Waals surface area (Å²) >= 11 is 0.950. The number of nitrogens with two attached hydrogens (primary N) is 1. The molecule has 7 nitrogen and oxygen atoms in total. The number of carbonyl (C=O) groups is 2. The van der Waals surface area contributed by atoms with Crippen molar-refractivity contribution in [2.75, 3.05) is 0 Å². The zero-order valence-electron chi connectivity index (χ0n) is 13.1. The van der Waals surface area contributed by atoms with Crippen LogP contribution in [0.4, 0.5) is 10.1 Å². The summed E-state index contributed by atoms with van der Waals surface area (Å²) in [6.45, 7) is 1.39. The van der Waals surface area contributed by atoms with Crippen LogP contribution in [-0.2, 0) is 4.79 Å². The standard InChI is InChI=1S/C16H14FN3O4S/c1-9(15(18)21)19-16(22)11-8-10(20(23)24)6-7-13(11)25-14-5-3-2-4-12(14)17/h2-9H,1H3,(H2,18,21)(H,19,22). The van der Waals surface area contributed by atoms with Gasteiger partial charge in [-0.3, -0.25) is 19.7 Å². The average molecular weight is 363 g/mol. The normalized spacial score (nSPS) is 11.6. The SMILES string of the molecule is CC(NC(=O)c1cc([N+](=O)[O-])ccc1Sc1ccccc1F)C(N)=O. The Balaban J connectivity index is 2.42. The summed E-state index contributed by atoms with van der Waals surface area (Å²) in [6, 6.07) is 8.64. The third-order valence-electron chi connectivity index (χ3n) is 3.25. The number of primary amides is 1. The van der Waals surface area contributed by atoms with E-state index in [0.717, 1.165) is 17.8 Å². The highest BCUT2D eigenvalue weighted by Crippen LogP contribution is 2.34. The Labute approximate surface area is 146 Å². The second kappa shape index (κ2) is 7.75. The number of carbonyl (C=O) groups excluding carboxylic acids is 2. The third-order valence-corrected chi connectivity index (χ3v) is 4.38. The van der Waals surface area contributed by atoms with Crippen LogP contribution in [-0.4, -0.2) is 22.8 Å². The van der Waals surface area contributed by atoms with Crippen LogP contribution in [0.2, 0.25) is 0 Å². The van der Waals surface area contributed by atoms with Gasteiger partial charge in [-0.1, -0.05) is 23.9 Å². The zero-order valence-corrected chi connectivity index (χ0v) is 13.9. The molecule has 0 heterocycles. The Morgan fingerprint density at radius 3 is 2.52 bits per heavy atom. The van der Waals surface area contributed by atoms with Gasteiger partial charge < -0.3 is 11.1 Å². The largest absolute Gasteiger partial charge is 0.368 e. The molecule has 0 aromatic heterocycles. The van der Waals surface area contributed by atoms with Crippen molar-refractivity contribution < 1.29 is 18.9 Å². The molecule has 2 aromatic carbocycles. The number of non-ortho nitro benzene ring substituents is 1. The number of hydrogen-bond acceptors (Lipinski definition) is 5. The summed E-state index contributed by atoms with van der Waals surface area (Å²) in [7, 11) is 0. The molecule has 0 aliphatic heterocycles. The molecule has 0 fully saturated rings. The lowest BCUT2D eigenvalue weighted by atomic mass is 10.1. The number of hydrogen-bond donors (Lipinski definition) is 2. The molecule has 0 aliphatic rings. The average Bonchev–Trinajstić information content (AvgIpc) is 2.56. The number of amides is 2. The first-order valence-corrected chi connectivity index (χ1v) is 7.92. The fraction of sp³-hybridized carbons (Fsp3) is 0.125. The van der Waals surface area contributed by atoms with Crippen LogP contribution in [0, 0.1) is 15.9 Å². The minimum atomic E-state index is -0.960. The number of nitro groups is 1. The van der Waals surface area contributed by atoms with Gasteiger partial charge in [0.2, 0.25) is 5.91 Å². The molecular weight excluding hydrogens is 349 g/mol. The second-order valence-electron chi connectivity index (χ2n) is 5.07. The molecule has 0 aliphatic carbocycles. The smallest absolute Gasteiger partial charge is 0.270 e. The van der Waals surface area contributed by atoms with Crippen molar-refractivity contribution in [2.45, 2.75) is 22.8 Å². The highest BCUT2D eigenvalue weighted by atomic mass is 32.2. The summed E-state index contributed by atoms with van der Waals surface area (Å²) in [5, 5.41) is 13.3. The van der Waals surface area contributed by atoms with E-state index >= 15 is 0 Å². The summed E-state index contributed by atoms with van der Waals surface area (Å²) in [6.07, 6.45) is 0. The van der Waals surface area contributed by atoms with Crippen molar-refractivity contribution in [2.24, 2.45) is 5.73 Å². The quantitative estimate of drug-likeness (QED) is 0.604. The van der Waals surface area contributed by atoms with E-state index < -0.39 is 28.6 Å². The van der Waals surface area contributed by atoms with Crippen molar-refractivity contribution in [3.63, 3.8) is 0 Å². The molecule has 0 saturated heterocycles. The molecule has 2 aromatic rings. The van der Waals surface area contributed by atoms with Crippen LogP contribution in [0.1, 0.15) is 17.3 Å². The molecule has 1 atom stereocenters. The maximum Gasteiger partial charge on any atom is 0.270 e. The Hall–Kier alpha value is -2.94. The van der Waals surface area contributed by atoms with Crippen LogP contribution in [0.15, 0.2) is 52.3 Å². The van der Waals surface area contributed by atoms with E-state index in [1.165, 1.54) is 37.3 Å². The molecule has 2 amide bonds. The van der Waals surface area contributed by atoms with Gasteiger partial charge in [-0.2, -0.15) is 0 Å². The van der Waals surface area contributed by atoms with Crippen molar-refractivity contribution in [1.29, 1.82) is 0 Å². The molecule has 0 saturated carbocycles. The number of nitrogens with one attached hydrogen (secondary N) is 1. The zero-order chi connectivity index (χ0) is 18.6. The molecule has 3 N–H and O–H groups in total. The monoisotopic (exact) mass is 363 g/mol. The predicted molar refractivity (Wildman–Crippen MR) is 89.7 cm³/mol. The number of benzene rings is 2. The summed E-state index contributed by atoms with van der Waals surface area (Å²) in [5.41, 5.74) is 4.76. The molecule has 2 rings (SSSR count). The Bertz CT molecular complexity index is 844. The first-order chi connectivity index (χ1) is 11.8. The Morgan fingerprint density at radius 1 is 1.24 bits per heavy atom. The highest BCUT2D eigenvalue weighted by Gasteiger charge is 2.21. The maximum atomic E-state index is 13.8. The number of rotatable bonds is 6. The van der Waals surface area contributed by atoms with Crippen LogP contribution >= 0.6 is 11.8 Å². The van der Waals surface area contributed by atoms with Gasteiger partial charge in [0, 0.05) is 21.9 Å². The molecule has 9 heteroatoms. The fourth-order valence-corrected chi connectivity index (χ4v) is 2.84. The number of nitro benzene ring substituents is 1. The third kappa shape index (κ3) is 4.54. The maximum absolute atomic E-state index is 13.8. The Morgan fingerprint density at radius 2 is 1.92 bits per heavy atom. The van der Waals surface area contributed by atoms with Crippen molar-refractivity contribution in [3.05, 3.63) is 64.0 Å². The van der Waals surface area contributed by atoms with Crippen LogP contribution < -0.4 is 11.1 Å². The van der Waals surface area contributed by atoms with E-state index in [2.05, 4.69) is 5.32 Å². The van der Waals surface area contributed by atoms with Crippen molar-refractivity contribution >= 4 is 29.3 Å². The van der Waals surface area contributed by atoms with E-state index in [4.69, 9.17) is 5.73 Å². The van der Waals surface area contributed by atoms with Crippen LogP contribution in [0.25, 0.3) is 0 Å². The topological polar surface area (TPSA) is 115 Å². The van der Waals surface area contributed by atoms with E-state index in [-0.39, 0.29) is 16.1 Å². The lowest BCUT2D eigenvalue weighted by Gasteiger charge is -2.13. The second-order valence-corrected chi connectivity index (χ2v) is 6.15. The minimum Gasteiger partial charge on any atom is -0.368 e. The minimum absolute atomic E-state index is 0.0458. The van der Waals surface area contributed by atoms with Gasteiger partial charge in [-0.25, -0.2) is 4.39 Å². The number of nitrogens with zero attached hydrogens (tertiary/aromatic N) is 1. The Kier molecular flexibility index (Phi) is 5.71. The van der Waals surface area contributed by atoms with Crippen LogP contribution in [0.5, 0.6) is 0 Å². The summed E-state index contributed by atoms with van der Waals surface area (Å²) < 4.78 is 13.8. The summed E-state index contributed by atoms with van der Waals surface area (Å²) in [4.78, 5) is 34.4. The summed E-state index contributed by atoms with van der Waals surface area (Å²) in [5.74, 6) is -1.95. The molecular formula is C16H14FN3O4S. The molecule has 0 bridgehead atoms. The van der Waals surface area contributed by atoms with Crippen molar-refractivity contribution in [1.82, 2.24) is 5.32 Å². The van der Waals surface area contributed by atoms with Gasteiger partial charge in [0.15, 0.2) is 0 Å². The van der Waals surface area contributed by atoms with E-state index in [1.54, 1.807) is 6.07 Å². The molecule has 130 valence electrons.